The highest BCUT2D eigenvalue weighted by Gasteiger charge is 2.10. The summed E-state index contributed by atoms with van der Waals surface area (Å²) >= 11 is 11.9. The molecule has 0 atom stereocenters. The van der Waals surface area contributed by atoms with Crippen molar-refractivity contribution in [3.8, 4) is 11.5 Å². The van der Waals surface area contributed by atoms with Gasteiger partial charge in [0.15, 0.2) is 11.5 Å². The van der Waals surface area contributed by atoms with Crippen molar-refractivity contribution < 1.29 is 9.47 Å². The summed E-state index contributed by atoms with van der Waals surface area (Å²) in [4.78, 5) is 4.34. The molecule has 1 aromatic heterocycles. The van der Waals surface area contributed by atoms with Crippen LogP contribution in [-0.2, 0) is 5.88 Å². The molecule has 3 nitrogen and oxygen atoms in total. The molecule has 5 heteroatoms. The van der Waals surface area contributed by atoms with Crippen LogP contribution in [0.25, 0.3) is 10.9 Å². The molecule has 0 aliphatic carbocycles. The number of fused-ring (bicyclic) bond motifs is 1. The number of hydrogen-bond acceptors (Lipinski definition) is 3. The molecule has 0 saturated carbocycles. The van der Waals surface area contributed by atoms with Crippen LogP contribution in [0.5, 0.6) is 11.5 Å². The van der Waals surface area contributed by atoms with Crippen molar-refractivity contribution in [2.75, 3.05) is 13.2 Å². The third-order valence-corrected chi connectivity index (χ3v) is 3.27. The van der Waals surface area contributed by atoms with Crippen LogP contribution in [0.1, 0.15) is 19.4 Å². The zero-order chi connectivity index (χ0) is 13.8. The maximum Gasteiger partial charge on any atom is 0.163 e. The van der Waals surface area contributed by atoms with E-state index in [1.165, 1.54) is 0 Å². The SMILES string of the molecule is CCOc1cc2cc(CCl)c(Cl)nc2cc1OCC. The number of alkyl halides is 1. The molecule has 0 amide bonds. The lowest BCUT2D eigenvalue weighted by Gasteiger charge is -2.12. The van der Waals surface area contributed by atoms with Gasteiger partial charge < -0.3 is 9.47 Å². The molecular weight excluding hydrogens is 285 g/mol. The van der Waals surface area contributed by atoms with Gasteiger partial charge in [-0.05, 0) is 26.0 Å². The van der Waals surface area contributed by atoms with E-state index >= 15 is 0 Å². The molecule has 0 N–H and O–H groups in total. The van der Waals surface area contributed by atoms with Crippen molar-refractivity contribution in [1.82, 2.24) is 4.98 Å². The predicted octanol–water partition coefficient (Wildman–Crippen LogP) is 4.42. The summed E-state index contributed by atoms with van der Waals surface area (Å²) in [5.41, 5.74) is 1.58. The standard InChI is InChI=1S/C14H15Cl2NO2/c1-3-18-12-6-9-5-10(8-15)14(16)17-11(9)7-13(12)19-4-2/h5-7H,3-4,8H2,1-2H3. The molecule has 0 aliphatic heterocycles. The Balaban J connectivity index is 2.59. The molecule has 0 saturated heterocycles. The minimum atomic E-state index is 0.332. The van der Waals surface area contributed by atoms with E-state index in [0.717, 1.165) is 16.5 Å². The zero-order valence-electron chi connectivity index (χ0n) is 10.9. The van der Waals surface area contributed by atoms with Gasteiger partial charge in [-0.3, -0.25) is 0 Å². The van der Waals surface area contributed by atoms with Gasteiger partial charge in [0.25, 0.3) is 0 Å². The van der Waals surface area contributed by atoms with E-state index < -0.39 is 0 Å². The number of rotatable bonds is 5. The predicted molar refractivity (Wildman–Crippen MR) is 78.6 cm³/mol. The second kappa shape index (κ2) is 6.31. The summed E-state index contributed by atoms with van der Waals surface area (Å²) in [5.74, 6) is 1.72. The number of halogens is 2. The lowest BCUT2D eigenvalue weighted by atomic mass is 10.1. The van der Waals surface area contributed by atoms with Crippen LogP contribution in [0.2, 0.25) is 5.15 Å². The number of hydrogen-bond donors (Lipinski definition) is 0. The Labute approximate surface area is 122 Å². The molecule has 0 spiro atoms. The van der Waals surface area contributed by atoms with Gasteiger partial charge in [-0.1, -0.05) is 11.6 Å². The number of nitrogens with zero attached hydrogens (tertiary/aromatic N) is 1. The second-order valence-electron chi connectivity index (χ2n) is 3.93. The molecule has 2 aromatic rings. The minimum Gasteiger partial charge on any atom is -0.490 e. The highest BCUT2D eigenvalue weighted by atomic mass is 35.5. The van der Waals surface area contributed by atoms with Crippen LogP contribution >= 0.6 is 23.2 Å². The molecule has 0 radical (unpaired) electrons. The summed E-state index contributed by atoms with van der Waals surface area (Å²) in [6, 6.07) is 5.67. The van der Waals surface area contributed by atoms with Gasteiger partial charge >= 0.3 is 0 Å². The molecule has 0 fully saturated rings. The molecule has 2 rings (SSSR count). The Kier molecular flexibility index (Phi) is 4.72. The summed E-state index contributed by atoms with van der Waals surface area (Å²) in [6.07, 6.45) is 0. The third kappa shape index (κ3) is 3.04. The molecular formula is C14H15Cl2NO2. The highest BCUT2D eigenvalue weighted by Crippen LogP contribution is 2.33. The van der Waals surface area contributed by atoms with Crippen LogP contribution in [0, 0.1) is 0 Å². The van der Waals surface area contributed by atoms with E-state index in [1.807, 2.05) is 32.0 Å². The second-order valence-corrected chi connectivity index (χ2v) is 4.55. The smallest absolute Gasteiger partial charge is 0.163 e. The molecule has 1 heterocycles. The number of pyridine rings is 1. The van der Waals surface area contributed by atoms with Gasteiger partial charge in [-0.15, -0.1) is 11.6 Å². The summed E-state index contributed by atoms with van der Waals surface area (Å²) in [6.45, 7) is 5.01. The molecule has 102 valence electrons. The molecule has 1 aromatic carbocycles. The fourth-order valence-corrected chi connectivity index (χ4v) is 2.32. The van der Waals surface area contributed by atoms with Crippen LogP contribution < -0.4 is 9.47 Å². The van der Waals surface area contributed by atoms with Crippen molar-refractivity contribution in [2.45, 2.75) is 19.7 Å². The van der Waals surface area contributed by atoms with Crippen molar-refractivity contribution in [3.05, 3.63) is 28.9 Å². The largest absolute Gasteiger partial charge is 0.490 e. The van der Waals surface area contributed by atoms with Crippen LogP contribution in [-0.4, -0.2) is 18.2 Å². The fourth-order valence-electron chi connectivity index (χ4n) is 1.83. The summed E-state index contributed by atoms with van der Waals surface area (Å²) in [7, 11) is 0. The van der Waals surface area contributed by atoms with Crippen molar-refractivity contribution in [3.63, 3.8) is 0 Å². The summed E-state index contributed by atoms with van der Waals surface area (Å²) < 4.78 is 11.1. The van der Waals surface area contributed by atoms with Crippen molar-refractivity contribution in [1.29, 1.82) is 0 Å². The Bertz CT molecular complexity index is 587. The van der Waals surface area contributed by atoms with E-state index in [9.17, 15) is 0 Å². The average molecular weight is 300 g/mol. The van der Waals surface area contributed by atoms with E-state index in [0.29, 0.717) is 35.7 Å². The van der Waals surface area contributed by atoms with Gasteiger partial charge in [0.05, 0.1) is 24.6 Å². The van der Waals surface area contributed by atoms with Gasteiger partial charge in [0, 0.05) is 17.0 Å². The van der Waals surface area contributed by atoms with Crippen molar-refractivity contribution in [2.24, 2.45) is 0 Å². The van der Waals surface area contributed by atoms with E-state index in [1.54, 1.807) is 0 Å². The van der Waals surface area contributed by atoms with Gasteiger partial charge in [-0.2, -0.15) is 0 Å². The zero-order valence-corrected chi connectivity index (χ0v) is 12.4. The first kappa shape index (κ1) is 14.2. The van der Waals surface area contributed by atoms with E-state index in [4.69, 9.17) is 32.7 Å². The fraction of sp³-hybridized carbons (Fsp3) is 0.357. The molecule has 0 aliphatic rings. The maximum absolute atomic E-state index is 6.07. The Morgan fingerprint density at radius 3 is 2.26 bits per heavy atom. The monoisotopic (exact) mass is 299 g/mol. The first-order valence-corrected chi connectivity index (χ1v) is 7.05. The third-order valence-electron chi connectivity index (χ3n) is 2.65. The van der Waals surface area contributed by atoms with Crippen LogP contribution in [0.4, 0.5) is 0 Å². The topological polar surface area (TPSA) is 31.4 Å². The van der Waals surface area contributed by atoms with Gasteiger partial charge in [0.1, 0.15) is 5.15 Å². The maximum atomic E-state index is 6.07. The van der Waals surface area contributed by atoms with Crippen LogP contribution in [0.3, 0.4) is 0 Å². The van der Waals surface area contributed by atoms with Crippen LogP contribution in [0.15, 0.2) is 18.2 Å². The first-order chi connectivity index (χ1) is 9.19. The van der Waals surface area contributed by atoms with E-state index in [-0.39, 0.29) is 0 Å². The normalized spacial score (nSPS) is 10.7. The van der Waals surface area contributed by atoms with Crippen molar-refractivity contribution >= 4 is 34.1 Å². The number of aromatic nitrogens is 1. The lowest BCUT2D eigenvalue weighted by Crippen LogP contribution is -1.99. The van der Waals surface area contributed by atoms with Gasteiger partial charge in [0.2, 0.25) is 0 Å². The molecule has 0 bridgehead atoms. The Hall–Kier alpha value is -1.19. The number of benzene rings is 1. The van der Waals surface area contributed by atoms with E-state index in [2.05, 4.69) is 4.98 Å². The molecule has 19 heavy (non-hydrogen) atoms. The molecule has 0 unspecified atom stereocenters. The minimum absolute atomic E-state index is 0.332. The Morgan fingerprint density at radius 1 is 1.05 bits per heavy atom. The first-order valence-electron chi connectivity index (χ1n) is 6.14. The highest BCUT2D eigenvalue weighted by molar-refractivity contribution is 6.31. The Morgan fingerprint density at radius 2 is 1.68 bits per heavy atom. The van der Waals surface area contributed by atoms with Gasteiger partial charge in [-0.25, -0.2) is 4.98 Å². The average Bonchev–Trinajstić information content (AvgIpc) is 2.40. The summed E-state index contributed by atoms with van der Waals surface area (Å²) in [5, 5.41) is 1.36. The lowest BCUT2D eigenvalue weighted by molar-refractivity contribution is 0.288. The number of ether oxygens (including phenoxy) is 2. The quantitative estimate of drug-likeness (QED) is 0.605.